The summed E-state index contributed by atoms with van der Waals surface area (Å²) < 4.78 is 1.85. The average molecular weight is 467 g/mol. The van der Waals surface area contributed by atoms with E-state index in [1.54, 1.807) is 6.20 Å². The number of thiazole rings is 1. The van der Waals surface area contributed by atoms with Crippen LogP contribution < -0.4 is 10.2 Å². The summed E-state index contributed by atoms with van der Waals surface area (Å²) in [4.78, 5) is 25.4. The number of carbonyl (C=O) groups is 1. The molecule has 1 N–H and O–H groups in total. The Labute approximate surface area is 199 Å². The molecule has 1 amide bonds. The van der Waals surface area contributed by atoms with Crippen LogP contribution in [0.25, 0.3) is 21.6 Å². The van der Waals surface area contributed by atoms with Crippen LogP contribution in [0.4, 0.5) is 5.82 Å². The number of nitrogens with zero attached hydrogens (tertiary/aromatic N) is 5. The zero-order chi connectivity index (χ0) is 22.6. The van der Waals surface area contributed by atoms with Gasteiger partial charge in [0.1, 0.15) is 11.5 Å². The fourth-order valence-electron chi connectivity index (χ4n) is 5.15. The second-order valence-corrected chi connectivity index (χ2v) is 10.5. The number of aryl methyl sites for hydroxylation is 1. The number of nitrogens with one attached hydrogen (secondary N) is 1. The monoisotopic (exact) mass is 466 g/mol. The van der Waals surface area contributed by atoms with Crippen LogP contribution in [0.5, 0.6) is 0 Å². The molecule has 5 rings (SSSR count). The Morgan fingerprint density at radius 1 is 1.06 bits per heavy atom. The molecule has 0 radical (unpaired) electrons. The lowest BCUT2D eigenvalue weighted by Gasteiger charge is -2.25. The van der Waals surface area contributed by atoms with Crippen molar-refractivity contribution in [2.75, 3.05) is 24.5 Å². The van der Waals surface area contributed by atoms with E-state index in [0.717, 1.165) is 47.1 Å². The Bertz CT molecular complexity index is 1090. The number of amides is 1. The van der Waals surface area contributed by atoms with Gasteiger partial charge in [-0.25, -0.2) is 14.6 Å². The zero-order valence-corrected chi connectivity index (χ0v) is 20.4. The molecule has 0 bridgehead atoms. The van der Waals surface area contributed by atoms with Crippen LogP contribution in [0.1, 0.15) is 74.0 Å². The SMILES string of the molecule is Cn1nc(-c2cnc(C(=O)NCC3CCCCC3)s2)c2ccc(N3CCCCCCC3)nc21. The second kappa shape index (κ2) is 10.2. The summed E-state index contributed by atoms with van der Waals surface area (Å²) >= 11 is 1.41. The summed E-state index contributed by atoms with van der Waals surface area (Å²) in [6, 6.07) is 4.25. The van der Waals surface area contributed by atoms with Crippen LogP contribution in [0.2, 0.25) is 0 Å². The van der Waals surface area contributed by atoms with Gasteiger partial charge in [-0.05, 0) is 43.7 Å². The third-order valence-electron chi connectivity index (χ3n) is 7.06. The minimum Gasteiger partial charge on any atom is -0.357 e. The van der Waals surface area contributed by atoms with Crippen molar-refractivity contribution < 1.29 is 4.79 Å². The first-order valence-corrected chi connectivity index (χ1v) is 13.3. The van der Waals surface area contributed by atoms with Gasteiger partial charge in [0.15, 0.2) is 10.7 Å². The van der Waals surface area contributed by atoms with E-state index >= 15 is 0 Å². The third-order valence-corrected chi connectivity index (χ3v) is 8.06. The molecule has 33 heavy (non-hydrogen) atoms. The summed E-state index contributed by atoms with van der Waals surface area (Å²) in [5, 5.41) is 9.35. The van der Waals surface area contributed by atoms with E-state index in [2.05, 4.69) is 27.3 Å². The average Bonchev–Trinajstić information content (AvgIpc) is 3.43. The molecule has 4 heterocycles. The number of hydrogen-bond acceptors (Lipinski definition) is 6. The van der Waals surface area contributed by atoms with Crippen LogP contribution in [-0.4, -0.2) is 45.3 Å². The van der Waals surface area contributed by atoms with Crippen LogP contribution in [0, 0.1) is 5.92 Å². The molecular formula is C25H34N6OS. The Morgan fingerprint density at radius 2 is 1.79 bits per heavy atom. The number of carbonyl (C=O) groups excluding carboxylic acids is 1. The van der Waals surface area contributed by atoms with E-state index in [1.807, 2.05) is 11.7 Å². The van der Waals surface area contributed by atoms with Gasteiger partial charge >= 0.3 is 0 Å². The van der Waals surface area contributed by atoms with Gasteiger partial charge in [-0.15, -0.1) is 11.3 Å². The van der Waals surface area contributed by atoms with Crippen molar-refractivity contribution >= 4 is 34.1 Å². The van der Waals surface area contributed by atoms with Gasteiger partial charge in [-0.3, -0.25) is 4.79 Å². The van der Waals surface area contributed by atoms with Gasteiger partial charge in [-0.1, -0.05) is 38.5 Å². The fourth-order valence-corrected chi connectivity index (χ4v) is 5.98. The minimum absolute atomic E-state index is 0.0745. The largest absolute Gasteiger partial charge is 0.357 e. The van der Waals surface area contributed by atoms with Crippen molar-refractivity contribution in [1.29, 1.82) is 0 Å². The van der Waals surface area contributed by atoms with Crippen molar-refractivity contribution in [2.24, 2.45) is 13.0 Å². The molecule has 1 saturated carbocycles. The van der Waals surface area contributed by atoms with Crippen LogP contribution in [0.3, 0.4) is 0 Å². The van der Waals surface area contributed by atoms with Gasteiger partial charge in [0.25, 0.3) is 5.91 Å². The molecule has 3 aromatic rings. The summed E-state index contributed by atoms with van der Waals surface area (Å²) in [7, 11) is 1.94. The minimum atomic E-state index is -0.0745. The van der Waals surface area contributed by atoms with E-state index in [1.165, 1.54) is 75.5 Å². The maximum Gasteiger partial charge on any atom is 0.280 e. The highest BCUT2D eigenvalue weighted by Crippen LogP contribution is 2.32. The summed E-state index contributed by atoms with van der Waals surface area (Å²) in [6.45, 7) is 2.89. The first-order valence-electron chi connectivity index (χ1n) is 12.5. The first-order chi connectivity index (χ1) is 16.2. The maximum atomic E-state index is 12.7. The van der Waals surface area contributed by atoms with Gasteiger partial charge < -0.3 is 10.2 Å². The second-order valence-electron chi connectivity index (χ2n) is 9.51. The summed E-state index contributed by atoms with van der Waals surface area (Å²) in [5.41, 5.74) is 1.73. The topological polar surface area (TPSA) is 75.9 Å². The molecule has 0 atom stereocenters. The molecule has 8 heteroatoms. The third kappa shape index (κ3) is 5.05. The number of aromatic nitrogens is 4. The van der Waals surface area contributed by atoms with E-state index in [4.69, 9.17) is 10.1 Å². The van der Waals surface area contributed by atoms with E-state index in [0.29, 0.717) is 10.9 Å². The lowest BCUT2D eigenvalue weighted by atomic mass is 9.89. The van der Waals surface area contributed by atoms with Crippen LogP contribution in [0.15, 0.2) is 18.3 Å². The van der Waals surface area contributed by atoms with Gasteiger partial charge in [0, 0.05) is 38.3 Å². The molecule has 0 spiro atoms. The molecule has 7 nitrogen and oxygen atoms in total. The molecule has 176 valence electrons. The van der Waals surface area contributed by atoms with Gasteiger partial charge in [0.2, 0.25) is 0 Å². The zero-order valence-electron chi connectivity index (χ0n) is 19.6. The van der Waals surface area contributed by atoms with Crippen molar-refractivity contribution in [2.45, 2.75) is 64.2 Å². The number of anilines is 1. The molecule has 1 aliphatic carbocycles. The predicted octanol–water partition coefficient (Wildman–Crippen LogP) is 5.17. The Morgan fingerprint density at radius 3 is 2.58 bits per heavy atom. The Kier molecular flexibility index (Phi) is 6.90. The summed E-state index contributed by atoms with van der Waals surface area (Å²) in [6.07, 6.45) is 14.5. The van der Waals surface area contributed by atoms with Crippen molar-refractivity contribution in [3.63, 3.8) is 0 Å². The standard InChI is InChI=1S/C25H34N6OS/c1-30-23-19(12-13-21(28-23)31-14-8-3-2-4-9-15-31)22(29-30)20-17-27-25(33-20)24(32)26-16-18-10-6-5-7-11-18/h12-13,17-18H,2-11,14-16H2,1H3,(H,26,32). The highest BCUT2D eigenvalue weighted by atomic mass is 32.1. The smallest absolute Gasteiger partial charge is 0.280 e. The molecule has 1 saturated heterocycles. The van der Waals surface area contributed by atoms with Crippen LogP contribution >= 0.6 is 11.3 Å². The number of pyridine rings is 1. The Hall–Kier alpha value is -2.48. The van der Waals surface area contributed by atoms with Crippen molar-refractivity contribution in [3.05, 3.63) is 23.3 Å². The number of hydrogen-bond donors (Lipinski definition) is 1. The molecule has 2 fully saturated rings. The summed E-state index contributed by atoms with van der Waals surface area (Å²) in [5.74, 6) is 1.57. The lowest BCUT2D eigenvalue weighted by Crippen LogP contribution is -2.30. The molecule has 0 unspecified atom stereocenters. The number of rotatable bonds is 5. The highest BCUT2D eigenvalue weighted by Gasteiger charge is 2.20. The molecule has 1 aliphatic heterocycles. The van der Waals surface area contributed by atoms with Gasteiger partial charge in [-0.2, -0.15) is 5.10 Å². The lowest BCUT2D eigenvalue weighted by molar-refractivity contribution is 0.0943. The molecular weight excluding hydrogens is 432 g/mol. The van der Waals surface area contributed by atoms with E-state index in [9.17, 15) is 4.79 Å². The van der Waals surface area contributed by atoms with E-state index in [-0.39, 0.29) is 5.91 Å². The van der Waals surface area contributed by atoms with Gasteiger partial charge in [0.05, 0.1) is 4.88 Å². The van der Waals surface area contributed by atoms with E-state index < -0.39 is 0 Å². The quantitative estimate of drug-likeness (QED) is 0.561. The molecule has 3 aromatic heterocycles. The Balaban J connectivity index is 1.32. The highest BCUT2D eigenvalue weighted by molar-refractivity contribution is 7.17. The fraction of sp³-hybridized carbons (Fsp3) is 0.600. The molecule has 2 aliphatic rings. The van der Waals surface area contributed by atoms with Crippen molar-refractivity contribution in [1.82, 2.24) is 25.1 Å². The molecule has 0 aromatic carbocycles. The normalized spacial score (nSPS) is 18.3. The van der Waals surface area contributed by atoms with Crippen molar-refractivity contribution in [3.8, 4) is 10.6 Å². The maximum absolute atomic E-state index is 12.7. The number of fused-ring (bicyclic) bond motifs is 1. The van der Waals surface area contributed by atoms with Crippen LogP contribution in [-0.2, 0) is 7.05 Å². The predicted molar refractivity (Wildman–Crippen MR) is 134 cm³/mol. The first kappa shape index (κ1) is 22.3.